The van der Waals surface area contributed by atoms with Crippen molar-refractivity contribution in [2.24, 2.45) is 16.6 Å². The van der Waals surface area contributed by atoms with Crippen LogP contribution in [0.4, 0.5) is 0 Å². The molecular formula is C15H26N2O4. The minimum absolute atomic E-state index is 0.106. The van der Waals surface area contributed by atoms with Crippen molar-refractivity contribution in [1.82, 2.24) is 5.32 Å². The minimum Gasteiger partial charge on any atom is -0.481 e. The SMILES string of the molecule is CC1(C(=O)O)COCC1NC(=O)CC1(CN)CCCCC1. The van der Waals surface area contributed by atoms with Crippen LogP contribution in [0.15, 0.2) is 0 Å². The highest BCUT2D eigenvalue weighted by molar-refractivity contribution is 5.80. The predicted octanol–water partition coefficient (Wildman–Crippen LogP) is 0.892. The van der Waals surface area contributed by atoms with Gasteiger partial charge in [0.1, 0.15) is 5.41 Å². The van der Waals surface area contributed by atoms with E-state index in [1.807, 2.05) is 0 Å². The van der Waals surface area contributed by atoms with E-state index < -0.39 is 17.4 Å². The molecule has 1 saturated carbocycles. The number of nitrogens with two attached hydrogens (primary N) is 1. The van der Waals surface area contributed by atoms with Gasteiger partial charge < -0.3 is 20.9 Å². The third-order valence-corrected chi connectivity index (χ3v) is 5.16. The van der Waals surface area contributed by atoms with E-state index in [2.05, 4.69) is 5.32 Å². The number of nitrogens with one attached hydrogen (secondary N) is 1. The molecule has 2 atom stereocenters. The Bertz CT molecular complexity index is 406. The number of hydrogen-bond acceptors (Lipinski definition) is 4. The Hall–Kier alpha value is -1.14. The topological polar surface area (TPSA) is 102 Å². The van der Waals surface area contributed by atoms with Crippen LogP contribution in [0.2, 0.25) is 0 Å². The van der Waals surface area contributed by atoms with Gasteiger partial charge >= 0.3 is 5.97 Å². The lowest BCUT2D eigenvalue weighted by Gasteiger charge is -2.36. The lowest BCUT2D eigenvalue weighted by molar-refractivity contribution is -0.149. The number of carbonyl (C=O) groups excluding carboxylic acids is 1. The number of carboxylic acid groups (broad SMARTS) is 1. The third-order valence-electron chi connectivity index (χ3n) is 5.16. The Morgan fingerprint density at radius 1 is 1.33 bits per heavy atom. The van der Waals surface area contributed by atoms with Gasteiger partial charge in [-0.1, -0.05) is 19.3 Å². The van der Waals surface area contributed by atoms with Crippen LogP contribution in [-0.4, -0.2) is 42.8 Å². The van der Waals surface area contributed by atoms with Crippen molar-refractivity contribution < 1.29 is 19.4 Å². The molecule has 0 bridgehead atoms. The first-order chi connectivity index (χ1) is 9.92. The molecule has 21 heavy (non-hydrogen) atoms. The Balaban J connectivity index is 1.96. The van der Waals surface area contributed by atoms with Crippen LogP contribution in [0.5, 0.6) is 0 Å². The van der Waals surface area contributed by atoms with Gasteiger partial charge in [0.05, 0.1) is 19.3 Å². The molecular weight excluding hydrogens is 272 g/mol. The molecule has 1 aliphatic heterocycles. The summed E-state index contributed by atoms with van der Waals surface area (Å²) >= 11 is 0. The van der Waals surface area contributed by atoms with Crippen molar-refractivity contribution in [2.45, 2.75) is 51.5 Å². The standard InChI is InChI=1S/C15H26N2O4/c1-14(13(19)20)10-21-8-11(14)17-12(18)7-15(9-16)5-3-2-4-6-15/h11H,2-10,16H2,1H3,(H,17,18)(H,19,20). The largest absolute Gasteiger partial charge is 0.481 e. The summed E-state index contributed by atoms with van der Waals surface area (Å²) in [5, 5.41) is 12.2. The maximum Gasteiger partial charge on any atom is 0.313 e. The molecule has 2 aliphatic rings. The van der Waals surface area contributed by atoms with Gasteiger partial charge in [-0.3, -0.25) is 9.59 Å². The summed E-state index contributed by atoms with van der Waals surface area (Å²) in [6.07, 6.45) is 5.78. The second-order valence-corrected chi connectivity index (χ2v) is 6.80. The van der Waals surface area contributed by atoms with Gasteiger partial charge in [-0.15, -0.1) is 0 Å². The fourth-order valence-electron chi connectivity index (χ4n) is 3.43. The summed E-state index contributed by atoms with van der Waals surface area (Å²) in [4.78, 5) is 23.7. The third kappa shape index (κ3) is 3.37. The van der Waals surface area contributed by atoms with Crippen LogP contribution >= 0.6 is 0 Å². The molecule has 1 saturated heterocycles. The summed E-state index contributed by atoms with van der Waals surface area (Å²) < 4.78 is 5.26. The van der Waals surface area contributed by atoms with Crippen LogP contribution in [0.1, 0.15) is 45.4 Å². The number of aliphatic carboxylic acids is 1. The molecule has 6 nitrogen and oxygen atoms in total. The van der Waals surface area contributed by atoms with Crippen LogP contribution in [0.25, 0.3) is 0 Å². The molecule has 6 heteroatoms. The Kier molecular flexibility index (Phi) is 4.88. The highest BCUT2D eigenvalue weighted by atomic mass is 16.5. The monoisotopic (exact) mass is 298 g/mol. The van der Waals surface area contributed by atoms with Gasteiger partial charge in [0, 0.05) is 6.42 Å². The normalized spacial score (nSPS) is 31.8. The van der Waals surface area contributed by atoms with Crippen molar-refractivity contribution in [3.05, 3.63) is 0 Å². The van der Waals surface area contributed by atoms with Crippen molar-refractivity contribution >= 4 is 11.9 Å². The van der Waals surface area contributed by atoms with E-state index in [-0.39, 0.29) is 24.5 Å². The maximum absolute atomic E-state index is 12.3. The van der Waals surface area contributed by atoms with Gasteiger partial charge in [0.15, 0.2) is 0 Å². The fourth-order valence-corrected chi connectivity index (χ4v) is 3.43. The summed E-state index contributed by atoms with van der Waals surface area (Å²) in [6, 6.07) is -0.471. The van der Waals surface area contributed by atoms with Gasteiger partial charge in [-0.2, -0.15) is 0 Å². The fraction of sp³-hybridized carbons (Fsp3) is 0.867. The summed E-state index contributed by atoms with van der Waals surface area (Å²) in [5.74, 6) is -1.04. The second-order valence-electron chi connectivity index (χ2n) is 6.80. The van der Waals surface area contributed by atoms with Crippen molar-refractivity contribution in [2.75, 3.05) is 19.8 Å². The van der Waals surface area contributed by atoms with Gasteiger partial charge in [-0.25, -0.2) is 0 Å². The zero-order chi connectivity index (χ0) is 15.5. The molecule has 0 radical (unpaired) electrons. The lowest BCUT2D eigenvalue weighted by Crippen LogP contribution is -2.51. The first-order valence-electron chi connectivity index (χ1n) is 7.72. The van der Waals surface area contributed by atoms with Crippen LogP contribution in [-0.2, 0) is 14.3 Å². The molecule has 2 fully saturated rings. The lowest BCUT2D eigenvalue weighted by atomic mass is 9.71. The highest BCUT2D eigenvalue weighted by Gasteiger charge is 2.47. The maximum atomic E-state index is 12.3. The smallest absolute Gasteiger partial charge is 0.313 e. The first-order valence-corrected chi connectivity index (χ1v) is 7.72. The van der Waals surface area contributed by atoms with Crippen LogP contribution < -0.4 is 11.1 Å². The van der Waals surface area contributed by atoms with Crippen molar-refractivity contribution in [3.8, 4) is 0 Å². The average Bonchev–Trinajstić information content (AvgIpc) is 2.82. The average molecular weight is 298 g/mol. The second kappa shape index (κ2) is 6.32. The molecule has 120 valence electrons. The first kappa shape index (κ1) is 16.2. The van der Waals surface area contributed by atoms with Gasteiger partial charge in [0.25, 0.3) is 0 Å². The van der Waals surface area contributed by atoms with Crippen molar-refractivity contribution in [1.29, 1.82) is 0 Å². The minimum atomic E-state index is -1.04. The number of carbonyl (C=O) groups is 2. The van der Waals surface area contributed by atoms with E-state index in [9.17, 15) is 14.7 Å². The Morgan fingerprint density at radius 3 is 2.57 bits per heavy atom. The van der Waals surface area contributed by atoms with Gasteiger partial charge in [0.2, 0.25) is 5.91 Å². The number of ether oxygens (including phenoxy) is 1. The molecule has 0 aromatic carbocycles. The molecule has 0 aromatic rings. The quantitative estimate of drug-likeness (QED) is 0.699. The van der Waals surface area contributed by atoms with E-state index in [1.54, 1.807) is 6.92 Å². The molecule has 0 spiro atoms. The Morgan fingerprint density at radius 2 is 2.00 bits per heavy atom. The molecule has 0 aromatic heterocycles. The molecule has 2 unspecified atom stereocenters. The molecule has 1 heterocycles. The number of hydrogen-bond donors (Lipinski definition) is 3. The van der Waals surface area contributed by atoms with E-state index in [0.29, 0.717) is 13.0 Å². The Labute approximate surface area is 125 Å². The van der Waals surface area contributed by atoms with E-state index in [1.165, 1.54) is 6.42 Å². The summed E-state index contributed by atoms with van der Waals surface area (Å²) in [5.41, 5.74) is 4.74. The highest BCUT2D eigenvalue weighted by Crippen LogP contribution is 2.38. The zero-order valence-electron chi connectivity index (χ0n) is 12.7. The van der Waals surface area contributed by atoms with E-state index in [4.69, 9.17) is 10.5 Å². The zero-order valence-corrected chi connectivity index (χ0v) is 12.7. The summed E-state index contributed by atoms with van der Waals surface area (Å²) in [7, 11) is 0. The number of rotatable bonds is 5. The van der Waals surface area contributed by atoms with Crippen LogP contribution in [0.3, 0.4) is 0 Å². The van der Waals surface area contributed by atoms with E-state index >= 15 is 0 Å². The molecule has 1 aliphatic carbocycles. The number of amides is 1. The van der Waals surface area contributed by atoms with Gasteiger partial charge in [-0.05, 0) is 31.7 Å². The van der Waals surface area contributed by atoms with Crippen molar-refractivity contribution in [3.63, 3.8) is 0 Å². The van der Waals surface area contributed by atoms with Crippen LogP contribution in [0, 0.1) is 10.8 Å². The molecule has 1 amide bonds. The van der Waals surface area contributed by atoms with E-state index in [0.717, 1.165) is 25.7 Å². The predicted molar refractivity (Wildman–Crippen MR) is 77.7 cm³/mol. The summed E-state index contributed by atoms with van der Waals surface area (Å²) in [6.45, 7) is 2.52. The molecule has 2 rings (SSSR count). The number of carboxylic acids is 1. The molecule has 4 N–H and O–H groups in total.